The highest BCUT2D eigenvalue weighted by Gasteiger charge is 2.22. The van der Waals surface area contributed by atoms with Crippen LogP contribution in [-0.4, -0.2) is 6.04 Å². The summed E-state index contributed by atoms with van der Waals surface area (Å²) in [6.45, 7) is 1.98. The first-order chi connectivity index (χ1) is 7.66. The van der Waals surface area contributed by atoms with Crippen molar-refractivity contribution in [3.8, 4) is 0 Å². The van der Waals surface area contributed by atoms with Gasteiger partial charge in [-0.1, -0.05) is 18.9 Å². The van der Waals surface area contributed by atoms with Crippen LogP contribution in [0.15, 0.2) is 18.2 Å². The molecule has 88 valence electrons. The lowest BCUT2D eigenvalue weighted by Gasteiger charge is -2.29. The summed E-state index contributed by atoms with van der Waals surface area (Å²) in [6, 6.07) is 5.41. The summed E-state index contributed by atoms with van der Waals surface area (Å²) < 4.78 is 13.0. The Morgan fingerprint density at radius 1 is 1.31 bits per heavy atom. The van der Waals surface area contributed by atoms with Gasteiger partial charge in [-0.05, 0) is 55.4 Å². The monoisotopic (exact) mass is 221 g/mol. The summed E-state index contributed by atoms with van der Waals surface area (Å²) in [5, 5.41) is 0. The van der Waals surface area contributed by atoms with Crippen molar-refractivity contribution in [2.45, 2.75) is 45.1 Å². The van der Waals surface area contributed by atoms with Gasteiger partial charge in [0.1, 0.15) is 5.82 Å². The van der Waals surface area contributed by atoms with Gasteiger partial charge in [0.05, 0.1) is 0 Å². The maximum absolute atomic E-state index is 13.0. The summed E-state index contributed by atoms with van der Waals surface area (Å²) in [6.07, 6.45) is 5.93. The van der Waals surface area contributed by atoms with E-state index in [1.807, 2.05) is 13.0 Å². The average molecular weight is 221 g/mol. The van der Waals surface area contributed by atoms with E-state index in [0.717, 1.165) is 18.4 Å². The number of benzene rings is 1. The van der Waals surface area contributed by atoms with Gasteiger partial charge >= 0.3 is 0 Å². The zero-order valence-electron chi connectivity index (χ0n) is 9.88. The predicted molar refractivity (Wildman–Crippen MR) is 64.8 cm³/mol. The lowest BCUT2D eigenvalue weighted by atomic mass is 9.80. The normalized spacial score (nSPS) is 25.7. The van der Waals surface area contributed by atoms with Crippen LogP contribution in [0.1, 0.15) is 36.8 Å². The van der Waals surface area contributed by atoms with Gasteiger partial charge in [0, 0.05) is 6.04 Å². The molecule has 0 aromatic heterocycles. The average Bonchev–Trinajstić information content (AvgIpc) is 2.25. The van der Waals surface area contributed by atoms with Crippen LogP contribution in [0.2, 0.25) is 0 Å². The van der Waals surface area contributed by atoms with Crippen LogP contribution in [0.3, 0.4) is 0 Å². The first-order valence-corrected chi connectivity index (χ1v) is 6.17. The smallest absolute Gasteiger partial charge is 0.123 e. The molecule has 2 atom stereocenters. The van der Waals surface area contributed by atoms with Crippen LogP contribution < -0.4 is 5.73 Å². The molecule has 0 bridgehead atoms. The van der Waals surface area contributed by atoms with E-state index < -0.39 is 0 Å². The quantitative estimate of drug-likeness (QED) is 0.815. The van der Waals surface area contributed by atoms with Crippen LogP contribution >= 0.6 is 0 Å². The van der Waals surface area contributed by atoms with Gasteiger partial charge in [-0.2, -0.15) is 0 Å². The molecule has 1 aromatic rings. The first kappa shape index (κ1) is 11.6. The molecular weight excluding hydrogens is 201 g/mol. The molecule has 0 spiro atoms. The molecule has 1 aliphatic carbocycles. The minimum atomic E-state index is -0.144. The maximum Gasteiger partial charge on any atom is 0.123 e. The van der Waals surface area contributed by atoms with E-state index in [2.05, 4.69) is 0 Å². The van der Waals surface area contributed by atoms with Crippen molar-refractivity contribution in [1.29, 1.82) is 0 Å². The van der Waals surface area contributed by atoms with E-state index in [-0.39, 0.29) is 5.82 Å². The zero-order chi connectivity index (χ0) is 11.5. The predicted octanol–water partition coefficient (Wildman–Crippen LogP) is 3.19. The number of aryl methyl sites for hydroxylation is 1. The van der Waals surface area contributed by atoms with E-state index in [1.165, 1.54) is 24.8 Å². The first-order valence-electron chi connectivity index (χ1n) is 6.17. The third-order valence-electron chi connectivity index (χ3n) is 3.75. The zero-order valence-corrected chi connectivity index (χ0v) is 9.88. The lowest BCUT2D eigenvalue weighted by Crippen LogP contribution is -2.34. The third-order valence-corrected chi connectivity index (χ3v) is 3.75. The number of rotatable bonds is 2. The molecule has 1 aromatic carbocycles. The van der Waals surface area contributed by atoms with E-state index in [4.69, 9.17) is 5.73 Å². The van der Waals surface area contributed by atoms with Crippen molar-refractivity contribution >= 4 is 0 Å². The fraction of sp³-hybridized carbons (Fsp3) is 0.571. The van der Waals surface area contributed by atoms with Crippen LogP contribution in [0.4, 0.5) is 4.39 Å². The van der Waals surface area contributed by atoms with Gasteiger partial charge in [-0.25, -0.2) is 4.39 Å². The van der Waals surface area contributed by atoms with Crippen molar-refractivity contribution in [2.24, 2.45) is 11.7 Å². The van der Waals surface area contributed by atoms with Gasteiger partial charge in [-0.3, -0.25) is 0 Å². The molecule has 2 N–H and O–H groups in total. The van der Waals surface area contributed by atoms with Crippen LogP contribution in [-0.2, 0) is 6.42 Å². The van der Waals surface area contributed by atoms with Crippen molar-refractivity contribution < 1.29 is 4.39 Å². The topological polar surface area (TPSA) is 26.0 Å². The lowest BCUT2D eigenvalue weighted by molar-refractivity contribution is 0.306. The SMILES string of the molecule is Cc1cc(F)ccc1CC1CCCCC1N. The second kappa shape index (κ2) is 4.96. The second-order valence-electron chi connectivity index (χ2n) is 4.98. The summed E-state index contributed by atoms with van der Waals surface area (Å²) in [5.74, 6) is 0.437. The number of halogens is 1. The van der Waals surface area contributed by atoms with E-state index in [9.17, 15) is 4.39 Å². The van der Waals surface area contributed by atoms with Crippen LogP contribution in [0, 0.1) is 18.7 Å². The number of hydrogen-bond donors (Lipinski definition) is 1. The van der Waals surface area contributed by atoms with Gasteiger partial charge < -0.3 is 5.73 Å². The Kier molecular flexibility index (Phi) is 3.59. The Morgan fingerprint density at radius 3 is 2.75 bits per heavy atom. The van der Waals surface area contributed by atoms with Crippen molar-refractivity contribution in [1.82, 2.24) is 0 Å². The molecule has 0 aliphatic heterocycles. The van der Waals surface area contributed by atoms with Gasteiger partial charge in [0.15, 0.2) is 0 Å². The highest BCUT2D eigenvalue weighted by molar-refractivity contribution is 5.27. The molecule has 2 rings (SSSR count). The molecule has 1 aliphatic rings. The summed E-state index contributed by atoms with van der Waals surface area (Å²) in [5.41, 5.74) is 8.44. The summed E-state index contributed by atoms with van der Waals surface area (Å²) in [4.78, 5) is 0. The summed E-state index contributed by atoms with van der Waals surface area (Å²) in [7, 11) is 0. The van der Waals surface area contributed by atoms with E-state index in [1.54, 1.807) is 12.1 Å². The van der Waals surface area contributed by atoms with Crippen molar-refractivity contribution in [3.05, 3.63) is 35.1 Å². The molecule has 0 saturated heterocycles. The Hall–Kier alpha value is -0.890. The Bertz CT molecular complexity index is 362. The van der Waals surface area contributed by atoms with E-state index in [0.29, 0.717) is 12.0 Å². The minimum Gasteiger partial charge on any atom is -0.327 e. The Balaban J connectivity index is 2.07. The number of hydrogen-bond acceptors (Lipinski definition) is 1. The van der Waals surface area contributed by atoms with Gasteiger partial charge in [-0.15, -0.1) is 0 Å². The Morgan fingerprint density at radius 2 is 2.06 bits per heavy atom. The van der Waals surface area contributed by atoms with Crippen molar-refractivity contribution in [3.63, 3.8) is 0 Å². The molecule has 16 heavy (non-hydrogen) atoms. The largest absolute Gasteiger partial charge is 0.327 e. The molecule has 1 nitrogen and oxygen atoms in total. The minimum absolute atomic E-state index is 0.144. The summed E-state index contributed by atoms with van der Waals surface area (Å²) >= 11 is 0. The molecular formula is C14H20FN. The molecule has 1 fully saturated rings. The standard InChI is InChI=1S/C14H20FN/c1-10-8-13(15)7-6-11(10)9-12-4-2-3-5-14(12)16/h6-8,12,14H,2-5,9,16H2,1H3. The fourth-order valence-corrected chi connectivity index (χ4v) is 2.66. The van der Waals surface area contributed by atoms with E-state index >= 15 is 0 Å². The maximum atomic E-state index is 13.0. The molecule has 2 heteroatoms. The third kappa shape index (κ3) is 2.62. The second-order valence-corrected chi connectivity index (χ2v) is 4.98. The highest BCUT2D eigenvalue weighted by Crippen LogP contribution is 2.27. The van der Waals surface area contributed by atoms with Crippen molar-refractivity contribution in [2.75, 3.05) is 0 Å². The van der Waals surface area contributed by atoms with Crippen LogP contribution in [0.5, 0.6) is 0 Å². The van der Waals surface area contributed by atoms with Crippen LogP contribution in [0.25, 0.3) is 0 Å². The molecule has 0 radical (unpaired) electrons. The molecule has 0 heterocycles. The number of nitrogens with two attached hydrogens (primary N) is 1. The highest BCUT2D eigenvalue weighted by atomic mass is 19.1. The van der Waals surface area contributed by atoms with Gasteiger partial charge in [0.25, 0.3) is 0 Å². The fourth-order valence-electron chi connectivity index (χ4n) is 2.66. The Labute approximate surface area is 96.9 Å². The molecule has 2 unspecified atom stereocenters. The molecule has 1 saturated carbocycles. The molecule has 0 amide bonds. The van der Waals surface area contributed by atoms with Gasteiger partial charge in [0.2, 0.25) is 0 Å².